The predicted molar refractivity (Wildman–Crippen MR) is 104 cm³/mol. The number of sulfonamides is 1. The number of amides is 1. The minimum Gasteiger partial charge on any atom is -0.368 e. The van der Waals surface area contributed by atoms with Crippen LogP contribution in [0, 0.1) is 5.82 Å². The van der Waals surface area contributed by atoms with Crippen molar-refractivity contribution in [2.24, 2.45) is 0 Å². The van der Waals surface area contributed by atoms with Crippen LogP contribution < -0.4 is 4.90 Å². The highest BCUT2D eigenvalue weighted by Gasteiger charge is 2.50. The first-order valence-electron chi connectivity index (χ1n) is 9.43. The molecule has 1 aromatic carbocycles. The number of nitrogens with zero attached hydrogens (tertiary/aromatic N) is 3. The number of carbonyl (C=O) groups excluding carboxylic acids is 1. The van der Waals surface area contributed by atoms with Crippen LogP contribution in [0.3, 0.4) is 0 Å². The average Bonchev–Trinajstić information content (AvgIpc) is 3.40. The van der Waals surface area contributed by atoms with Gasteiger partial charge in [0.05, 0.1) is 6.26 Å². The van der Waals surface area contributed by atoms with Crippen LogP contribution in [-0.2, 0) is 21.4 Å². The second kappa shape index (κ2) is 7.39. The minimum absolute atomic E-state index is 0.0574. The van der Waals surface area contributed by atoms with E-state index in [1.807, 2.05) is 13.0 Å². The van der Waals surface area contributed by atoms with Gasteiger partial charge in [0.15, 0.2) is 0 Å². The van der Waals surface area contributed by atoms with E-state index in [1.165, 1.54) is 16.6 Å². The van der Waals surface area contributed by atoms with E-state index in [2.05, 4.69) is 4.90 Å². The van der Waals surface area contributed by atoms with Crippen molar-refractivity contribution < 1.29 is 17.6 Å². The number of benzene rings is 1. The van der Waals surface area contributed by atoms with Gasteiger partial charge in [0.2, 0.25) is 15.9 Å². The molecule has 0 radical (unpaired) electrons. The lowest BCUT2D eigenvalue weighted by Crippen LogP contribution is -2.48. The standard InChI is InChI=1S/C19H28FN3O3S/c1-4-19(7-8-19)23(27(3,25)26)14-16-5-6-17(13-18(16)20)22-11-9-21(10-12-22)15(2)24/h5-6,13H,4,7-12,14H2,1-3H3. The molecule has 27 heavy (non-hydrogen) atoms. The third kappa shape index (κ3) is 4.27. The van der Waals surface area contributed by atoms with Crippen LogP contribution in [0.4, 0.5) is 10.1 Å². The van der Waals surface area contributed by atoms with Crippen LogP contribution in [0.5, 0.6) is 0 Å². The Morgan fingerprint density at radius 3 is 2.30 bits per heavy atom. The molecule has 1 aromatic rings. The minimum atomic E-state index is -3.41. The van der Waals surface area contributed by atoms with Gasteiger partial charge in [-0.25, -0.2) is 12.8 Å². The summed E-state index contributed by atoms with van der Waals surface area (Å²) >= 11 is 0. The predicted octanol–water partition coefficient (Wildman–Crippen LogP) is 2.20. The highest BCUT2D eigenvalue weighted by Crippen LogP contribution is 2.46. The molecule has 0 N–H and O–H groups in total. The third-order valence-electron chi connectivity index (χ3n) is 5.86. The molecule has 3 rings (SSSR count). The summed E-state index contributed by atoms with van der Waals surface area (Å²) < 4.78 is 40.7. The van der Waals surface area contributed by atoms with Gasteiger partial charge in [-0.3, -0.25) is 4.79 Å². The molecule has 8 heteroatoms. The zero-order valence-corrected chi connectivity index (χ0v) is 17.1. The zero-order chi connectivity index (χ0) is 19.8. The maximum Gasteiger partial charge on any atom is 0.219 e. The van der Waals surface area contributed by atoms with Crippen LogP contribution in [0.1, 0.15) is 38.7 Å². The highest BCUT2D eigenvalue weighted by molar-refractivity contribution is 7.88. The lowest BCUT2D eigenvalue weighted by atomic mass is 10.1. The van der Waals surface area contributed by atoms with Crippen molar-refractivity contribution in [2.45, 2.75) is 45.2 Å². The summed E-state index contributed by atoms with van der Waals surface area (Å²) in [6, 6.07) is 5.00. The monoisotopic (exact) mass is 397 g/mol. The van der Waals surface area contributed by atoms with Crippen LogP contribution >= 0.6 is 0 Å². The molecule has 0 aromatic heterocycles. The van der Waals surface area contributed by atoms with Crippen LogP contribution in [0.25, 0.3) is 0 Å². The van der Waals surface area contributed by atoms with Crippen LogP contribution in [0.15, 0.2) is 18.2 Å². The van der Waals surface area contributed by atoms with Gasteiger partial charge in [0, 0.05) is 56.4 Å². The number of halogens is 1. The number of hydrogen-bond acceptors (Lipinski definition) is 4. The fraction of sp³-hybridized carbons (Fsp3) is 0.632. The second-order valence-corrected chi connectivity index (χ2v) is 9.52. The topological polar surface area (TPSA) is 60.9 Å². The number of anilines is 1. The van der Waals surface area contributed by atoms with Crippen molar-refractivity contribution in [3.8, 4) is 0 Å². The lowest BCUT2D eigenvalue weighted by molar-refractivity contribution is -0.129. The van der Waals surface area contributed by atoms with Gasteiger partial charge < -0.3 is 9.80 Å². The smallest absolute Gasteiger partial charge is 0.219 e. The lowest BCUT2D eigenvalue weighted by Gasteiger charge is -2.36. The maximum atomic E-state index is 14.8. The molecular formula is C19H28FN3O3S. The maximum absolute atomic E-state index is 14.8. The first-order chi connectivity index (χ1) is 12.7. The first-order valence-corrected chi connectivity index (χ1v) is 11.3. The van der Waals surface area contributed by atoms with Crippen molar-refractivity contribution in [3.05, 3.63) is 29.6 Å². The normalized spacial score (nSPS) is 19.4. The Kier molecular flexibility index (Phi) is 5.49. The number of carbonyl (C=O) groups is 1. The van der Waals surface area contributed by atoms with Gasteiger partial charge in [-0.2, -0.15) is 4.31 Å². The molecule has 1 saturated carbocycles. The van der Waals surface area contributed by atoms with Crippen molar-refractivity contribution in [3.63, 3.8) is 0 Å². The zero-order valence-electron chi connectivity index (χ0n) is 16.2. The number of piperazine rings is 1. The molecule has 1 amide bonds. The molecule has 150 valence electrons. The molecule has 1 aliphatic heterocycles. The summed E-state index contributed by atoms with van der Waals surface area (Å²) in [6.45, 7) is 6.17. The van der Waals surface area contributed by atoms with Crippen LogP contribution in [0.2, 0.25) is 0 Å². The molecule has 2 aliphatic rings. The largest absolute Gasteiger partial charge is 0.368 e. The Balaban J connectivity index is 1.74. The summed E-state index contributed by atoms with van der Waals surface area (Å²) in [6.07, 6.45) is 3.59. The Morgan fingerprint density at radius 1 is 1.22 bits per heavy atom. The summed E-state index contributed by atoms with van der Waals surface area (Å²) in [5, 5.41) is 0. The molecule has 2 fully saturated rings. The van der Waals surface area contributed by atoms with E-state index in [9.17, 15) is 17.6 Å². The quantitative estimate of drug-likeness (QED) is 0.738. The Hall–Kier alpha value is -1.67. The Morgan fingerprint density at radius 2 is 1.85 bits per heavy atom. The van der Waals surface area contributed by atoms with E-state index in [0.29, 0.717) is 31.7 Å². The van der Waals surface area contributed by atoms with Crippen molar-refractivity contribution in [1.29, 1.82) is 0 Å². The Labute approximate surface area is 161 Å². The molecule has 1 saturated heterocycles. The van der Waals surface area contributed by atoms with Crippen molar-refractivity contribution in [1.82, 2.24) is 9.21 Å². The van der Waals surface area contributed by atoms with E-state index in [4.69, 9.17) is 0 Å². The molecule has 6 nitrogen and oxygen atoms in total. The van der Waals surface area contributed by atoms with Crippen LogP contribution in [-0.4, -0.2) is 61.5 Å². The molecule has 0 unspecified atom stereocenters. The fourth-order valence-corrected chi connectivity index (χ4v) is 5.24. The van der Waals surface area contributed by atoms with E-state index >= 15 is 0 Å². The third-order valence-corrected chi connectivity index (χ3v) is 7.17. The van der Waals surface area contributed by atoms with E-state index in [-0.39, 0.29) is 23.8 Å². The summed E-state index contributed by atoms with van der Waals surface area (Å²) in [7, 11) is -3.41. The number of rotatable bonds is 6. The van der Waals surface area contributed by atoms with Gasteiger partial charge >= 0.3 is 0 Å². The molecular weight excluding hydrogens is 369 g/mol. The van der Waals surface area contributed by atoms with Crippen molar-refractivity contribution in [2.75, 3.05) is 37.3 Å². The van der Waals surface area contributed by atoms with E-state index in [1.54, 1.807) is 17.9 Å². The summed E-state index contributed by atoms with van der Waals surface area (Å²) in [5.74, 6) is -0.330. The fourth-order valence-electron chi connectivity index (χ4n) is 3.86. The molecule has 0 atom stereocenters. The summed E-state index contributed by atoms with van der Waals surface area (Å²) in [5.41, 5.74) is 0.815. The first kappa shape index (κ1) is 20.1. The van der Waals surface area contributed by atoms with Gasteiger partial charge in [-0.15, -0.1) is 0 Å². The highest BCUT2D eigenvalue weighted by atomic mass is 32.2. The Bertz CT molecular complexity index is 815. The summed E-state index contributed by atoms with van der Waals surface area (Å²) in [4.78, 5) is 15.3. The molecule has 1 heterocycles. The molecule has 1 aliphatic carbocycles. The van der Waals surface area contributed by atoms with E-state index < -0.39 is 10.0 Å². The van der Waals surface area contributed by atoms with Gasteiger partial charge in [-0.1, -0.05) is 13.0 Å². The second-order valence-electron chi connectivity index (χ2n) is 7.62. The van der Waals surface area contributed by atoms with Gasteiger partial charge in [0.25, 0.3) is 0 Å². The molecule has 0 bridgehead atoms. The molecule has 0 spiro atoms. The van der Waals surface area contributed by atoms with Gasteiger partial charge in [-0.05, 0) is 31.4 Å². The SMILES string of the molecule is CCC1(N(Cc2ccc(N3CCN(C(C)=O)CC3)cc2F)S(C)(=O)=O)CC1. The average molecular weight is 398 g/mol. The number of hydrogen-bond donors (Lipinski definition) is 0. The van der Waals surface area contributed by atoms with Gasteiger partial charge in [0.1, 0.15) is 5.82 Å². The van der Waals surface area contributed by atoms with Crippen molar-refractivity contribution >= 4 is 21.6 Å². The van der Waals surface area contributed by atoms with E-state index in [0.717, 1.165) is 24.9 Å².